The molecule has 2 nitrogen and oxygen atoms in total. The third-order valence-corrected chi connectivity index (χ3v) is 3.75. The van der Waals surface area contributed by atoms with Crippen LogP contribution in [0.2, 0.25) is 5.02 Å². The van der Waals surface area contributed by atoms with Crippen molar-refractivity contribution in [3.8, 4) is 6.07 Å². The summed E-state index contributed by atoms with van der Waals surface area (Å²) in [5.41, 5.74) is 2.64. The fourth-order valence-corrected chi connectivity index (χ4v) is 2.60. The molecule has 0 aliphatic heterocycles. The van der Waals surface area contributed by atoms with Crippen molar-refractivity contribution in [2.24, 2.45) is 0 Å². The molecule has 0 aromatic heterocycles. The van der Waals surface area contributed by atoms with Crippen LogP contribution in [0.1, 0.15) is 11.1 Å². The number of hydrogen-bond donors (Lipinski definition) is 1. The highest BCUT2D eigenvalue weighted by Crippen LogP contribution is 2.26. The van der Waals surface area contributed by atoms with Gasteiger partial charge in [-0.2, -0.15) is 5.26 Å². The quantitative estimate of drug-likeness (QED) is 0.839. The number of hydrogen-bond acceptors (Lipinski definition) is 3. The Balaban J connectivity index is 2.18. The average Bonchev–Trinajstić information content (AvgIpc) is 2.44. The molecule has 1 N–H and O–H groups in total. The summed E-state index contributed by atoms with van der Waals surface area (Å²) < 4.78 is 0. The van der Waals surface area contributed by atoms with Crippen LogP contribution < -0.4 is 5.32 Å². The first-order chi connectivity index (χ1) is 9.24. The van der Waals surface area contributed by atoms with Crippen LogP contribution in [0, 0.1) is 11.3 Å². The number of benzene rings is 2. The van der Waals surface area contributed by atoms with E-state index in [1.54, 1.807) is 11.8 Å². The van der Waals surface area contributed by atoms with Gasteiger partial charge in [0.25, 0.3) is 0 Å². The molecule has 0 heterocycles. The number of anilines is 1. The van der Waals surface area contributed by atoms with E-state index in [0.29, 0.717) is 12.1 Å². The van der Waals surface area contributed by atoms with E-state index >= 15 is 0 Å². The second-order valence-electron chi connectivity index (χ2n) is 3.98. The molecular weight excluding hydrogens is 276 g/mol. The Kier molecular flexibility index (Phi) is 4.73. The molecule has 19 heavy (non-hydrogen) atoms. The first-order valence-corrected chi connectivity index (χ1v) is 7.40. The van der Waals surface area contributed by atoms with Gasteiger partial charge in [0.2, 0.25) is 0 Å². The van der Waals surface area contributed by atoms with Gasteiger partial charge in [0.05, 0.1) is 11.3 Å². The number of nitriles is 1. The lowest BCUT2D eigenvalue weighted by atomic mass is 10.1. The maximum absolute atomic E-state index is 9.25. The number of nitrogens with zero attached hydrogens (tertiary/aromatic N) is 1. The Hall–Kier alpha value is -1.63. The summed E-state index contributed by atoms with van der Waals surface area (Å²) in [6.45, 7) is 0.646. The van der Waals surface area contributed by atoms with Crippen molar-refractivity contribution < 1.29 is 0 Å². The second-order valence-corrected chi connectivity index (χ2v) is 5.26. The maximum Gasteiger partial charge on any atom is 0.102 e. The summed E-state index contributed by atoms with van der Waals surface area (Å²) >= 11 is 7.52. The summed E-state index contributed by atoms with van der Waals surface area (Å²) in [6.07, 6.45) is 1.97. The van der Waals surface area contributed by atoms with Gasteiger partial charge in [-0.25, -0.2) is 0 Å². The molecule has 0 radical (unpaired) electrons. The van der Waals surface area contributed by atoms with Gasteiger partial charge in [-0.3, -0.25) is 0 Å². The van der Waals surface area contributed by atoms with Gasteiger partial charge < -0.3 is 5.32 Å². The molecule has 2 rings (SSSR count). The van der Waals surface area contributed by atoms with Crippen LogP contribution in [-0.2, 0) is 6.54 Å². The zero-order chi connectivity index (χ0) is 13.7. The first kappa shape index (κ1) is 13.8. The number of halogens is 1. The summed E-state index contributed by atoms with van der Waals surface area (Å²) in [6, 6.07) is 15.8. The summed E-state index contributed by atoms with van der Waals surface area (Å²) in [5.74, 6) is 0. The summed E-state index contributed by atoms with van der Waals surface area (Å²) in [5, 5.41) is 13.3. The van der Waals surface area contributed by atoms with Crippen LogP contribution in [0.15, 0.2) is 47.4 Å². The normalized spacial score (nSPS) is 9.95. The molecule has 0 fully saturated rings. The van der Waals surface area contributed by atoms with E-state index in [1.807, 2.05) is 48.7 Å². The molecule has 0 bridgehead atoms. The Bertz CT molecular complexity index is 620. The van der Waals surface area contributed by atoms with Gasteiger partial charge in [-0.15, -0.1) is 11.8 Å². The lowest BCUT2D eigenvalue weighted by molar-refractivity contribution is 1.14. The zero-order valence-electron chi connectivity index (χ0n) is 10.5. The highest BCUT2D eigenvalue weighted by molar-refractivity contribution is 7.98. The van der Waals surface area contributed by atoms with Crippen LogP contribution in [0.4, 0.5) is 5.69 Å². The van der Waals surface area contributed by atoms with Crippen molar-refractivity contribution in [1.82, 2.24) is 0 Å². The molecular formula is C15H13ClN2S. The molecule has 0 aliphatic rings. The van der Waals surface area contributed by atoms with Gasteiger partial charge >= 0.3 is 0 Å². The molecule has 0 saturated heterocycles. The SMILES string of the molecule is CSc1cccc(NCc2cccc(Cl)c2)c1C#N. The molecule has 4 heteroatoms. The van der Waals surface area contributed by atoms with E-state index in [4.69, 9.17) is 11.6 Å². The lowest BCUT2D eigenvalue weighted by Gasteiger charge is -2.10. The van der Waals surface area contributed by atoms with Gasteiger partial charge in [0.15, 0.2) is 0 Å². The minimum Gasteiger partial charge on any atom is -0.380 e. The fourth-order valence-electron chi connectivity index (χ4n) is 1.81. The van der Waals surface area contributed by atoms with E-state index in [-0.39, 0.29) is 0 Å². The summed E-state index contributed by atoms with van der Waals surface area (Å²) in [7, 11) is 0. The third kappa shape index (κ3) is 3.44. The van der Waals surface area contributed by atoms with Gasteiger partial charge in [-0.05, 0) is 36.1 Å². The van der Waals surface area contributed by atoms with Crippen LogP contribution in [0.5, 0.6) is 0 Å². The van der Waals surface area contributed by atoms with Crippen molar-refractivity contribution in [3.63, 3.8) is 0 Å². The average molecular weight is 289 g/mol. The van der Waals surface area contributed by atoms with Crippen LogP contribution in [0.25, 0.3) is 0 Å². The smallest absolute Gasteiger partial charge is 0.102 e. The topological polar surface area (TPSA) is 35.8 Å². The van der Waals surface area contributed by atoms with Gasteiger partial charge in [0.1, 0.15) is 6.07 Å². The Morgan fingerprint density at radius 1 is 1.26 bits per heavy atom. The van der Waals surface area contributed by atoms with Crippen molar-refractivity contribution in [3.05, 3.63) is 58.6 Å². The van der Waals surface area contributed by atoms with E-state index in [1.165, 1.54) is 0 Å². The van der Waals surface area contributed by atoms with E-state index in [2.05, 4.69) is 11.4 Å². The highest BCUT2D eigenvalue weighted by atomic mass is 35.5. The van der Waals surface area contributed by atoms with E-state index in [0.717, 1.165) is 21.2 Å². The molecule has 0 atom stereocenters. The molecule has 0 spiro atoms. The van der Waals surface area contributed by atoms with Crippen LogP contribution >= 0.6 is 23.4 Å². The molecule has 2 aromatic carbocycles. The number of thioether (sulfide) groups is 1. The molecule has 96 valence electrons. The van der Waals surface area contributed by atoms with Crippen molar-refractivity contribution >= 4 is 29.1 Å². The summed E-state index contributed by atoms with van der Waals surface area (Å²) in [4.78, 5) is 0.985. The Morgan fingerprint density at radius 3 is 2.74 bits per heavy atom. The van der Waals surface area contributed by atoms with Crippen LogP contribution in [-0.4, -0.2) is 6.26 Å². The molecule has 0 aliphatic carbocycles. The monoisotopic (exact) mass is 288 g/mol. The van der Waals surface area contributed by atoms with E-state index < -0.39 is 0 Å². The predicted molar refractivity (Wildman–Crippen MR) is 81.7 cm³/mol. The predicted octanol–water partition coefficient (Wildman–Crippen LogP) is 4.55. The van der Waals surface area contributed by atoms with E-state index in [9.17, 15) is 5.26 Å². The maximum atomic E-state index is 9.25. The molecule has 0 unspecified atom stereocenters. The van der Waals surface area contributed by atoms with Crippen molar-refractivity contribution in [2.75, 3.05) is 11.6 Å². The highest BCUT2D eigenvalue weighted by Gasteiger charge is 2.06. The Labute approximate surface area is 122 Å². The molecule has 0 amide bonds. The van der Waals surface area contributed by atoms with Crippen LogP contribution in [0.3, 0.4) is 0 Å². The molecule has 2 aromatic rings. The largest absolute Gasteiger partial charge is 0.380 e. The van der Waals surface area contributed by atoms with Gasteiger partial charge in [-0.1, -0.05) is 29.8 Å². The molecule has 0 saturated carbocycles. The number of rotatable bonds is 4. The third-order valence-electron chi connectivity index (χ3n) is 2.73. The van der Waals surface area contributed by atoms with Crippen molar-refractivity contribution in [1.29, 1.82) is 5.26 Å². The fraction of sp³-hybridized carbons (Fsp3) is 0.133. The second kappa shape index (κ2) is 6.51. The first-order valence-electron chi connectivity index (χ1n) is 5.80. The van der Waals surface area contributed by atoms with Crippen molar-refractivity contribution in [2.45, 2.75) is 11.4 Å². The Morgan fingerprint density at radius 2 is 2.05 bits per heavy atom. The minimum absolute atomic E-state index is 0.646. The van der Waals surface area contributed by atoms with Gasteiger partial charge in [0, 0.05) is 16.5 Å². The minimum atomic E-state index is 0.646. The zero-order valence-corrected chi connectivity index (χ0v) is 12.1. The number of nitrogens with one attached hydrogen (secondary N) is 1. The standard InChI is InChI=1S/C15H13ClN2S/c1-19-15-7-3-6-14(13(15)9-17)18-10-11-4-2-5-12(16)8-11/h2-8,18H,10H2,1H3. The lowest BCUT2D eigenvalue weighted by Crippen LogP contribution is -2.01.